The number of carbonyl (C=O) groups is 2. The number of para-hydroxylation sites is 4. The number of anilines is 2. The van der Waals surface area contributed by atoms with E-state index in [1.165, 1.54) is 7.11 Å². The van der Waals surface area contributed by atoms with Gasteiger partial charge in [0.15, 0.2) is 5.75 Å². The van der Waals surface area contributed by atoms with Gasteiger partial charge < -0.3 is 20.1 Å². The predicted molar refractivity (Wildman–Crippen MR) is 108 cm³/mol. The first-order valence-electron chi connectivity index (χ1n) is 8.70. The van der Waals surface area contributed by atoms with Crippen LogP contribution in [0, 0.1) is 0 Å². The quantitative estimate of drug-likeness (QED) is 0.601. The topological polar surface area (TPSA) is 76.7 Å². The molecule has 0 bridgehead atoms. The zero-order valence-corrected chi connectivity index (χ0v) is 15.3. The van der Waals surface area contributed by atoms with Crippen LogP contribution in [0.5, 0.6) is 11.5 Å². The van der Waals surface area contributed by atoms with Gasteiger partial charge in [-0.1, -0.05) is 42.5 Å². The van der Waals surface area contributed by atoms with E-state index in [1.54, 1.807) is 24.3 Å². The van der Waals surface area contributed by atoms with Crippen molar-refractivity contribution in [3.05, 3.63) is 84.4 Å². The number of benzene rings is 3. The number of hydrogen-bond donors (Lipinski definition) is 2. The summed E-state index contributed by atoms with van der Waals surface area (Å²) in [6.45, 7) is 0.00463. The van der Waals surface area contributed by atoms with Crippen molar-refractivity contribution in [1.29, 1.82) is 0 Å². The molecule has 3 aromatic carbocycles. The van der Waals surface area contributed by atoms with Gasteiger partial charge in [-0.3, -0.25) is 4.79 Å². The molecule has 0 aliphatic rings. The Labute approximate surface area is 163 Å². The average molecular weight is 376 g/mol. The number of hydrogen-bond acceptors (Lipinski definition) is 5. The van der Waals surface area contributed by atoms with Crippen LogP contribution in [0.4, 0.5) is 11.4 Å². The van der Waals surface area contributed by atoms with Gasteiger partial charge in [-0.25, -0.2) is 4.79 Å². The number of rotatable bonds is 7. The van der Waals surface area contributed by atoms with Gasteiger partial charge >= 0.3 is 5.97 Å². The molecule has 0 heterocycles. The van der Waals surface area contributed by atoms with Crippen molar-refractivity contribution < 1.29 is 19.1 Å². The van der Waals surface area contributed by atoms with E-state index < -0.39 is 5.97 Å². The maximum absolute atomic E-state index is 12.4. The van der Waals surface area contributed by atoms with Crippen LogP contribution in [0.1, 0.15) is 10.4 Å². The van der Waals surface area contributed by atoms with E-state index in [1.807, 2.05) is 54.6 Å². The molecule has 0 saturated heterocycles. The monoisotopic (exact) mass is 376 g/mol. The van der Waals surface area contributed by atoms with Gasteiger partial charge in [0.25, 0.3) is 0 Å². The lowest BCUT2D eigenvalue weighted by molar-refractivity contribution is -0.114. The molecule has 0 radical (unpaired) electrons. The number of esters is 1. The van der Waals surface area contributed by atoms with E-state index in [-0.39, 0.29) is 12.5 Å². The van der Waals surface area contributed by atoms with Crippen LogP contribution in [0.2, 0.25) is 0 Å². The van der Waals surface area contributed by atoms with Crippen LogP contribution in [-0.2, 0) is 9.53 Å². The van der Waals surface area contributed by atoms with Crippen molar-refractivity contribution in [2.45, 2.75) is 0 Å². The molecule has 1 amide bonds. The summed E-state index contributed by atoms with van der Waals surface area (Å²) in [5, 5.41) is 5.79. The highest BCUT2D eigenvalue weighted by Crippen LogP contribution is 2.29. The maximum Gasteiger partial charge on any atom is 0.339 e. The van der Waals surface area contributed by atoms with Crippen molar-refractivity contribution in [2.24, 2.45) is 0 Å². The van der Waals surface area contributed by atoms with Gasteiger partial charge in [-0.05, 0) is 36.4 Å². The second-order valence-electron chi connectivity index (χ2n) is 5.85. The average Bonchev–Trinajstić information content (AvgIpc) is 2.74. The predicted octanol–water partition coefficient (Wildman–Crippen LogP) is 4.32. The van der Waals surface area contributed by atoms with E-state index >= 15 is 0 Å². The maximum atomic E-state index is 12.4. The van der Waals surface area contributed by atoms with E-state index in [9.17, 15) is 9.59 Å². The summed E-state index contributed by atoms with van der Waals surface area (Å²) >= 11 is 0. The zero-order chi connectivity index (χ0) is 19.8. The lowest BCUT2D eigenvalue weighted by Gasteiger charge is -2.14. The first kappa shape index (κ1) is 19.0. The second-order valence-corrected chi connectivity index (χ2v) is 5.85. The molecule has 2 N–H and O–H groups in total. The largest absolute Gasteiger partial charge is 0.465 e. The van der Waals surface area contributed by atoms with Crippen molar-refractivity contribution in [3.8, 4) is 11.5 Å². The van der Waals surface area contributed by atoms with E-state index in [0.717, 1.165) is 0 Å². The minimum atomic E-state index is -0.509. The molecule has 6 heteroatoms. The number of amides is 1. The van der Waals surface area contributed by atoms with Gasteiger partial charge in [-0.15, -0.1) is 0 Å². The third kappa shape index (κ3) is 4.88. The Hall–Kier alpha value is -3.80. The van der Waals surface area contributed by atoms with E-state index in [0.29, 0.717) is 28.4 Å². The molecule has 0 unspecified atom stereocenters. The van der Waals surface area contributed by atoms with Crippen molar-refractivity contribution in [1.82, 2.24) is 0 Å². The summed E-state index contributed by atoms with van der Waals surface area (Å²) in [5.41, 5.74) is 1.38. The Morgan fingerprint density at radius 3 is 2.21 bits per heavy atom. The summed E-state index contributed by atoms with van der Waals surface area (Å²) in [6.07, 6.45) is 0. The summed E-state index contributed by atoms with van der Waals surface area (Å²) in [4.78, 5) is 24.2. The lowest BCUT2D eigenvalue weighted by Crippen LogP contribution is -2.23. The van der Waals surface area contributed by atoms with E-state index in [2.05, 4.69) is 10.6 Å². The highest BCUT2D eigenvalue weighted by molar-refractivity contribution is 6.02. The SMILES string of the molecule is COC(=O)c1ccccc1NC(=O)CNc1ccccc1Oc1ccccc1. The number of ether oxygens (including phenoxy) is 2. The first-order valence-corrected chi connectivity index (χ1v) is 8.70. The molecule has 0 spiro atoms. The van der Waals surface area contributed by atoms with Crippen molar-refractivity contribution >= 4 is 23.3 Å². The van der Waals surface area contributed by atoms with Crippen LogP contribution < -0.4 is 15.4 Å². The van der Waals surface area contributed by atoms with Gasteiger partial charge in [0.05, 0.1) is 30.6 Å². The number of carbonyl (C=O) groups excluding carboxylic acids is 2. The lowest BCUT2D eigenvalue weighted by atomic mass is 10.2. The standard InChI is InChI=1S/C22H20N2O4/c1-27-22(26)17-11-5-6-12-18(17)24-21(25)15-23-19-13-7-8-14-20(19)28-16-9-3-2-4-10-16/h2-14,23H,15H2,1H3,(H,24,25). The number of nitrogens with one attached hydrogen (secondary N) is 2. The van der Waals surface area contributed by atoms with Gasteiger partial charge in [0.1, 0.15) is 5.75 Å². The molecular weight excluding hydrogens is 356 g/mol. The molecule has 3 rings (SSSR count). The molecule has 142 valence electrons. The van der Waals surface area contributed by atoms with Crippen LogP contribution in [0.15, 0.2) is 78.9 Å². The molecule has 3 aromatic rings. The Kier molecular flexibility index (Phi) is 6.25. The van der Waals surface area contributed by atoms with Crippen LogP contribution in [0.3, 0.4) is 0 Å². The van der Waals surface area contributed by atoms with Gasteiger partial charge in [0, 0.05) is 0 Å². The number of methoxy groups -OCH3 is 1. The molecule has 0 saturated carbocycles. The molecule has 28 heavy (non-hydrogen) atoms. The highest BCUT2D eigenvalue weighted by atomic mass is 16.5. The Morgan fingerprint density at radius 1 is 0.821 bits per heavy atom. The molecule has 0 aliphatic carbocycles. The Bertz CT molecular complexity index is 958. The third-order valence-electron chi connectivity index (χ3n) is 3.90. The van der Waals surface area contributed by atoms with Crippen molar-refractivity contribution in [2.75, 3.05) is 24.3 Å². The molecule has 0 fully saturated rings. The first-order chi connectivity index (χ1) is 13.7. The summed E-state index contributed by atoms with van der Waals surface area (Å²) in [6, 6.07) is 23.4. The van der Waals surface area contributed by atoms with Gasteiger partial charge in [0.2, 0.25) is 5.91 Å². The van der Waals surface area contributed by atoms with E-state index in [4.69, 9.17) is 9.47 Å². The minimum Gasteiger partial charge on any atom is -0.465 e. The molecular formula is C22H20N2O4. The molecule has 0 aliphatic heterocycles. The van der Waals surface area contributed by atoms with Crippen LogP contribution in [-0.4, -0.2) is 25.5 Å². The zero-order valence-electron chi connectivity index (χ0n) is 15.3. The molecule has 0 atom stereocenters. The second kappa shape index (κ2) is 9.23. The Morgan fingerprint density at radius 2 is 1.46 bits per heavy atom. The fourth-order valence-corrected chi connectivity index (χ4v) is 2.57. The molecule has 0 aromatic heterocycles. The van der Waals surface area contributed by atoms with Crippen molar-refractivity contribution in [3.63, 3.8) is 0 Å². The highest BCUT2D eigenvalue weighted by Gasteiger charge is 2.13. The smallest absolute Gasteiger partial charge is 0.339 e. The Balaban J connectivity index is 1.65. The fraction of sp³-hybridized carbons (Fsp3) is 0.0909. The van der Waals surface area contributed by atoms with Crippen LogP contribution >= 0.6 is 0 Å². The fourth-order valence-electron chi connectivity index (χ4n) is 2.57. The third-order valence-corrected chi connectivity index (χ3v) is 3.90. The summed E-state index contributed by atoms with van der Waals surface area (Å²) in [5.74, 6) is 0.501. The van der Waals surface area contributed by atoms with Gasteiger partial charge in [-0.2, -0.15) is 0 Å². The molecule has 6 nitrogen and oxygen atoms in total. The van der Waals surface area contributed by atoms with Crippen LogP contribution in [0.25, 0.3) is 0 Å². The summed E-state index contributed by atoms with van der Waals surface area (Å²) in [7, 11) is 1.30. The summed E-state index contributed by atoms with van der Waals surface area (Å²) < 4.78 is 10.6. The normalized spacial score (nSPS) is 10.0. The minimum absolute atomic E-state index is 0.00463.